The summed E-state index contributed by atoms with van der Waals surface area (Å²) in [6, 6.07) is -2.54. The van der Waals surface area contributed by atoms with Crippen molar-refractivity contribution in [1.29, 1.82) is 0 Å². The summed E-state index contributed by atoms with van der Waals surface area (Å²) < 4.78 is 45.0. The van der Waals surface area contributed by atoms with Crippen molar-refractivity contribution in [3.8, 4) is 0 Å². The minimum atomic E-state index is -0.924. The maximum atomic E-state index is 13.2. The molecule has 0 radical (unpaired) electrons. The maximum absolute atomic E-state index is 13.2. The number of aliphatic hydroxyl groups is 4. The highest BCUT2D eigenvalue weighted by Gasteiger charge is 2.41. The molecule has 148 heavy (non-hydrogen) atoms. The van der Waals surface area contributed by atoms with Gasteiger partial charge in [-0.2, -0.15) is 0 Å². The van der Waals surface area contributed by atoms with Gasteiger partial charge in [-0.15, -0.1) is 0 Å². The third kappa shape index (κ3) is 41.5. The quantitative estimate of drug-likeness (QED) is 0.0515. The molecular formula is C112H152N12O24. The van der Waals surface area contributed by atoms with Crippen molar-refractivity contribution in [2.45, 2.75) is 269 Å². The smallest absolute Gasteiger partial charge is 0.355 e. The number of oxazole rings is 4. The molecule has 10 heterocycles. The van der Waals surface area contributed by atoms with Gasteiger partial charge in [0.05, 0.1) is 24.4 Å². The molecule has 15 unspecified atom stereocenters. The van der Waals surface area contributed by atoms with E-state index in [-0.39, 0.29) is 143 Å². The third-order valence-electron chi connectivity index (χ3n) is 24.4. The molecule has 804 valence electrons. The number of aliphatic hydroxyl groups excluding tert-OH is 4. The number of carbonyl (C=O) groups is 12. The summed E-state index contributed by atoms with van der Waals surface area (Å²) in [5.41, 5.74) is 5.89. The Morgan fingerprint density at radius 2 is 0.703 bits per heavy atom. The van der Waals surface area contributed by atoms with Gasteiger partial charge in [-0.25, -0.2) is 39.1 Å². The molecular weight excluding hydrogens is 1900 g/mol. The topological polar surface area (TPSA) is 505 Å². The van der Waals surface area contributed by atoms with Crippen molar-refractivity contribution in [1.82, 2.24) is 61.6 Å². The molecule has 6 aliphatic rings. The van der Waals surface area contributed by atoms with Gasteiger partial charge in [0.25, 0.3) is 23.6 Å². The zero-order valence-electron chi connectivity index (χ0n) is 88.8. The van der Waals surface area contributed by atoms with Crippen LogP contribution in [0.25, 0.3) is 0 Å². The Morgan fingerprint density at radius 3 is 1.07 bits per heavy atom. The molecule has 36 nitrogen and oxygen atoms in total. The van der Waals surface area contributed by atoms with Crippen LogP contribution < -0.4 is 31.9 Å². The number of nitrogens with zero attached hydrogens (tertiary/aromatic N) is 6. The van der Waals surface area contributed by atoms with Crippen LogP contribution in [0.1, 0.15) is 242 Å². The molecule has 10 N–H and O–H groups in total. The Hall–Kier alpha value is -13.8. The fraction of sp³-hybridized carbons (Fsp3) is 0.500. The molecule has 4 aromatic heterocycles. The Bertz CT molecular complexity index is 5670. The standard InChI is InChI=1S/C29H39N3O6.C29H37N3O6.C27H39N3O6.C27H37N3O6/c2*1-18(2)27-21(5)10-11-25(34)30-12-6-8-19(3)14-22(33)15-20(4)16-26-31-23(17-37-26)28(35)32-13-7-9-24(32)29(36)38-27;2*1-16(2)25-19(5)9-10-23(32)28-11-7-8-17(3)12-21(31)13-18(4)14-24-30-22(15-35-24)26(33)29-20(6)27(34)36-25/h6,8,10-11,14,17-18,21-22,24,27,33H,4,7,9,12-13,15-16H2,1-3,5H3,(H,30,34);6,8-11,14,17-18,21-22,27,33H,4,7,12-13,15-16H2,1-3,5H3,(H,30,34);7-10,12,15-16,18-21,25,31H,11,13-14H2,1-6H3,(H,28,32)(H,29,33);7-10,12,15-16,19-21,25,31H,4,11,13-14H2,1-3,5-6H3,(H,28,32)(H,29,33)/b2*8-6+,11-10+,19-14+;8-7?,10-9+,17-12?;8-7+,10-9+,17-12+/t21?,22?,24-,27?;;;/m1.../s1. The van der Waals surface area contributed by atoms with E-state index in [0.717, 1.165) is 22.3 Å². The number of aromatic nitrogens is 4. The normalized spacial score (nSPS) is 28.7. The van der Waals surface area contributed by atoms with Gasteiger partial charge in [-0.1, -0.05) is 252 Å². The number of hydrogen-bond acceptors (Lipinski definition) is 28. The van der Waals surface area contributed by atoms with Gasteiger partial charge in [-0.05, 0) is 140 Å². The lowest BCUT2D eigenvalue weighted by Crippen LogP contribution is -2.44. The molecule has 16 atom stereocenters. The highest BCUT2D eigenvalue weighted by Crippen LogP contribution is 2.31. The van der Waals surface area contributed by atoms with E-state index < -0.39 is 109 Å². The van der Waals surface area contributed by atoms with E-state index in [1.54, 1.807) is 79.8 Å². The minimum Gasteiger partial charge on any atom is -0.460 e. The first kappa shape index (κ1) is 121. The molecule has 0 aliphatic carbocycles. The first-order valence-electron chi connectivity index (χ1n) is 50.5. The molecule has 1 saturated heterocycles. The summed E-state index contributed by atoms with van der Waals surface area (Å²) in [4.78, 5) is 172. The molecule has 8 amide bonds. The van der Waals surface area contributed by atoms with Crippen LogP contribution in [-0.4, -0.2) is 228 Å². The SMILES string of the molecule is C=C1Cc2nc(co2)C(=O)N2CCC=C2C(=O)OC(C(C)C)C(C)/C=C/C(=O)NC/C=C/C(C)=C/C(O)C1.C=C1Cc2nc(co2)C(=O)N2CCC[C@@H]2C(=O)OC(C(C)C)C(C)/C=C/C(=O)NC/C=C/C(C)=C/C(O)C1.C=C1Cc2nc(co2)C(=O)NC(C)C(=O)OC(C(C)C)C(C)/C=C/C(=O)NC/C=C/C(C)=C/C(O)C1.CC1=CC(O)CC(C)Cc2nc(co2)C(=O)NC(C)C(=O)OC(C(C)C)C(C)/C=C/C(=O)NCC=C1. The molecule has 0 spiro atoms. The number of allylic oxidation sites excluding steroid dienone is 8. The van der Waals surface area contributed by atoms with Crippen LogP contribution in [0.15, 0.2) is 235 Å². The molecule has 8 bridgehead atoms. The first-order chi connectivity index (χ1) is 70.0. The summed E-state index contributed by atoms with van der Waals surface area (Å²) in [5.74, 6) is -4.93. The molecule has 4 aromatic rings. The van der Waals surface area contributed by atoms with Crippen molar-refractivity contribution in [2.24, 2.45) is 53.3 Å². The summed E-state index contributed by atoms with van der Waals surface area (Å²) >= 11 is 0. The largest absolute Gasteiger partial charge is 0.460 e. The van der Waals surface area contributed by atoms with E-state index in [1.807, 2.05) is 148 Å². The predicted molar refractivity (Wildman–Crippen MR) is 557 cm³/mol. The van der Waals surface area contributed by atoms with E-state index in [9.17, 15) is 78.0 Å². The van der Waals surface area contributed by atoms with Crippen molar-refractivity contribution in [3.05, 3.63) is 263 Å². The first-order valence-corrected chi connectivity index (χ1v) is 50.5. The monoisotopic (exact) mass is 2050 g/mol. The predicted octanol–water partition coefficient (Wildman–Crippen LogP) is 13.3. The van der Waals surface area contributed by atoms with Gasteiger partial charge in [0.15, 0.2) is 46.3 Å². The number of rotatable bonds is 4. The lowest BCUT2D eigenvalue weighted by atomic mass is 9.94. The van der Waals surface area contributed by atoms with Gasteiger partial charge in [0.2, 0.25) is 23.6 Å². The van der Waals surface area contributed by atoms with E-state index in [2.05, 4.69) is 71.6 Å². The van der Waals surface area contributed by atoms with Gasteiger partial charge >= 0.3 is 23.9 Å². The van der Waals surface area contributed by atoms with Crippen molar-refractivity contribution >= 4 is 71.1 Å². The maximum Gasteiger partial charge on any atom is 0.355 e. The number of carbonyl (C=O) groups excluding carboxylic acids is 12. The van der Waals surface area contributed by atoms with E-state index >= 15 is 0 Å². The molecule has 0 aromatic carbocycles. The van der Waals surface area contributed by atoms with Crippen LogP contribution in [-0.2, 0) is 83.0 Å². The number of esters is 4. The average molecular weight is 2050 g/mol. The highest BCUT2D eigenvalue weighted by molar-refractivity contribution is 6.01. The van der Waals surface area contributed by atoms with Crippen LogP contribution in [0.4, 0.5) is 0 Å². The van der Waals surface area contributed by atoms with Crippen molar-refractivity contribution < 1.29 is 115 Å². The molecule has 0 saturated carbocycles. The number of hydrogen-bond donors (Lipinski definition) is 10. The van der Waals surface area contributed by atoms with Gasteiger partial charge < -0.3 is 98.7 Å². The molecule has 6 aliphatic heterocycles. The Kier molecular flexibility index (Phi) is 49.5. The second-order valence-corrected chi connectivity index (χ2v) is 39.8. The lowest BCUT2D eigenvalue weighted by Gasteiger charge is -2.29. The van der Waals surface area contributed by atoms with Crippen LogP contribution in [0, 0.1) is 53.3 Å². The number of fused-ring (bicyclic) bond motifs is 10. The Morgan fingerprint density at radius 1 is 0.385 bits per heavy atom. The summed E-state index contributed by atoms with van der Waals surface area (Å²) in [6.45, 7) is 49.4. The Balaban J connectivity index is 0.000000267. The second-order valence-electron chi connectivity index (χ2n) is 39.8. The average Bonchev–Trinajstić information content (AvgIpc) is 1.67. The van der Waals surface area contributed by atoms with Crippen LogP contribution in [0.2, 0.25) is 0 Å². The van der Waals surface area contributed by atoms with E-state index in [0.29, 0.717) is 119 Å². The van der Waals surface area contributed by atoms with Gasteiger partial charge in [0.1, 0.15) is 73.3 Å². The Labute approximate surface area is 867 Å². The third-order valence-corrected chi connectivity index (χ3v) is 24.4. The minimum absolute atomic E-state index is 0.000869. The van der Waals surface area contributed by atoms with Gasteiger partial charge in [0, 0.05) is 88.6 Å². The summed E-state index contributed by atoms with van der Waals surface area (Å²) in [5, 5.41) is 57.8. The van der Waals surface area contributed by atoms with Crippen LogP contribution in [0.5, 0.6) is 0 Å². The number of amides is 8. The fourth-order valence-electron chi connectivity index (χ4n) is 16.9. The van der Waals surface area contributed by atoms with Crippen LogP contribution >= 0.6 is 0 Å². The number of ether oxygens (including phenoxy) is 4. The zero-order valence-corrected chi connectivity index (χ0v) is 88.8. The molecule has 10 rings (SSSR count). The highest BCUT2D eigenvalue weighted by atomic mass is 16.6. The number of nitrogens with one attached hydrogen (secondary N) is 6. The summed E-state index contributed by atoms with van der Waals surface area (Å²) in [6.07, 6.45) is 40.0. The fourth-order valence-corrected chi connectivity index (χ4v) is 16.9. The molecule has 1 fully saturated rings. The van der Waals surface area contributed by atoms with Gasteiger partial charge in [-0.3, -0.25) is 38.4 Å². The zero-order chi connectivity index (χ0) is 109. The van der Waals surface area contributed by atoms with Crippen molar-refractivity contribution in [2.75, 3.05) is 39.3 Å². The van der Waals surface area contributed by atoms with Crippen molar-refractivity contribution in [3.63, 3.8) is 0 Å². The lowest BCUT2D eigenvalue weighted by molar-refractivity contribution is -0.158. The second kappa shape index (κ2) is 60.4. The molecule has 36 heteroatoms. The summed E-state index contributed by atoms with van der Waals surface area (Å²) in [7, 11) is 0. The van der Waals surface area contributed by atoms with E-state index in [1.165, 1.54) is 66.1 Å². The van der Waals surface area contributed by atoms with E-state index in [4.69, 9.17) is 36.6 Å². The number of cyclic esters (lactones) is 4. The van der Waals surface area contributed by atoms with Crippen LogP contribution in [0.3, 0.4) is 0 Å².